The Labute approximate surface area is 186 Å². The van der Waals surface area contributed by atoms with Crippen molar-refractivity contribution in [1.29, 1.82) is 5.26 Å². The Morgan fingerprint density at radius 2 is 1.84 bits per heavy atom. The van der Waals surface area contributed by atoms with Crippen LogP contribution in [-0.2, 0) is 4.79 Å². The number of nitriles is 1. The van der Waals surface area contributed by atoms with E-state index in [0.717, 1.165) is 6.92 Å². The van der Waals surface area contributed by atoms with E-state index in [2.05, 4.69) is 9.98 Å². The second kappa shape index (κ2) is 8.99. The lowest BCUT2D eigenvalue weighted by molar-refractivity contribution is -0.502. The Morgan fingerprint density at radius 3 is 2.38 bits per heavy atom. The highest BCUT2D eigenvalue weighted by molar-refractivity contribution is 5.93. The number of carbonyl (C=O) groups is 1. The summed E-state index contributed by atoms with van der Waals surface area (Å²) in [6.07, 6.45) is 0.575. The van der Waals surface area contributed by atoms with Gasteiger partial charge in [0.1, 0.15) is 12.3 Å². The number of aliphatic hydroxyl groups is 6. The number of aliphatic imine (C=N–C) groups is 2. The molecule has 2 aliphatic rings. The van der Waals surface area contributed by atoms with Gasteiger partial charge in [-0.1, -0.05) is 13.8 Å². The monoisotopic (exact) mass is 456 g/mol. The zero-order valence-corrected chi connectivity index (χ0v) is 18.8. The van der Waals surface area contributed by atoms with Crippen molar-refractivity contribution >= 4 is 18.1 Å². The molecule has 13 heteroatoms. The van der Waals surface area contributed by atoms with Gasteiger partial charge < -0.3 is 35.5 Å². The van der Waals surface area contributed by atoms with E-state index in [1.165, 1.54) is 24.4 Å². The average Bonchev–Trinajstić information content (AvgIpc) is 2.66. The van der Waals surface area contributed by atoms with Gasteiger partial charge in [0.25, 0.3) is 5.91 Å². The maximum absolute atomic E-state index is 12.4. The lowest BCUT2D eigenvalue weighted by Gasteiger charge is -2.59. The summed E-state index contributed by atoms with van der Waals surface area (Å²) < 4.78 is 0. The van der Waals surface area contributed by atoms with Crippen LogP contribution in [0.4, 0.5) is 0 Å². The minimum Gasteiger partial charge on any atom is -0.360 e. The van der Waals surface area contributed by atoms with E-state index in [-0.39, 0.29) is 23.5 Å². The van der Waals surface area contributed by atoms with Crippen molar-refractivity contribution in [3.63, 3.8) is 0 Å². The highest BCUT2D eigenvalue weighted by Crippen LogP contribution is 2.44. The quantitative estimate of drug-likeness (QED) is 0.238. The molecule has 0 bridgehead atoms. The minimum absolute atomic E-state index is 0.00645. The van der Waals surface area contributed by atoms with Crippen LogP contribution in [0.25, 0.3) is 0 Å². The molecule has 13 nitrogen and oxygen atoms in total. The van der Waals surface area contributed by atoms with Gasteiger partial charge in [0, 0.05) is 24.4 Å². The average molecular weight is 457 g/mol. The number of likely N-dealkylation sites (tertiary alicyclic amines) is 1. The molecule has 0 radical (unpaired) electrons. The maximum atomic E-state index is 12.4. The van der Waals surface area contributed by atoms with Crippen molar-refractivity contribution in [2.75, 3.05) is 20.3 Å². The fraction of sp³-hybridized carbons (Fsp3) is 0.789. The van der Waals surface area contributed by atoms with Crippen LogP contribution in [-0.4, -0.2) is 113 Å². The van der Waals surface area contributed by atoms with Crippen LogP contribution in [0.15, 0.2) is 9.98 Å². The first-order valence-electron chi connectivity index (χ1n) is 10.2. The molecule has 1 fully saturated rings. The van der Waals surface area contributed by atoms with E-state index in [9.17, 15) is 35.4 Å². The van der Waals surface area contributed by atoms with E-state index < -0.39 is 41.9 Å². The number of hydrogen-bond acceptors (Lipinski definition) is 11. The number of piperidine rings is 1. The van der Waals surface area contributed by atoms with Crippen LogP contribution < -0.4 is 0 Å². The van der Waals surface area contributed by atoms with Gasteiger partial charge in [0.05, 0.1) is 25.1 Å². The molecule has 2 rings (SSSR count). The number of rotatable bonds is 5. The topological polar surface area (TPSA) is 197 Å². The van der Waals surface area contributed by atoms with Gasteiger partial charge >= 0.3 is 5.91 Å². The Balaban J connectivity index is 2.42. The second-order valence-corrected chi connectivity index (χ2v) is 8.37. The summed E-state index contributed by atoms with van der Waals surface area (Å²) in [5, 5.41) is 72.1. The van der Waals surface area contributed by atoms with E-state index in [0.29, 0.717) is 12.4 Å². The van der Waals surface area contributed by atoms with Crippen molar-refractivity contribution in [2.45, 2.75) is 63.8 Å². The fourth-order valence-corrected chi connectivity index (χ4v) is 4.29. The van der Waals surface area contributed by atoms with Crippen LogP contribution in [0.3, 0.4) is 0 Å². The molecule has 0 aliphatic carbocycles. The summed E-state index contributed by atoms with van der Waals surface area (Å²) in [6, 6.07) is -0.245. The fourth-order valence-electron chi connectivity index (χ4n) is 4.29. The Morgan fingerprint density at radius 1 is 1.25 bits per heavy atom. The van der Waals surface area contributed by atoms with Crippen molar-refractivity contribution < 1.29 is 35.4 Å². The zero-order valence-electron chi connectivity index (χ0n) is 18.8. The number of likely N-dealkylation sites (N-methyl/N-ethyl adjacent to an activating group) is 1. The summed E-state index contributed by atoms with van der Waals surface area (Å²) in [7, 11) is 1.44. The summed E-state index contributed by atoms with van der Waals surface area (Å²) >= 11 is 0. The van der Waals surface area contributed by atoms with Gasteiger partial charge in [0.2, 0.25) is 11.7 Å². The molecule has 4 atom stereocenters. The van der Waals surface area contributed by atoms with Gasteiger partial charge in [-0.05, 0) is 20.9 Å². The van der Waals surface area contributed by atoms with Crippen LogP contribution in [0.1, 0.15) is 34.1 Å². The van der Waals surface area contributed by atoms with Crippen molar-refractivity contribution in [3.8, 4) is 6.07 Å². The number of nitrogens with zero attached hydrogens (tertiary/aromatic N) is 6. The first-order valence-corrected chi connectivity index (χ1v) is 10.2. The molecule has 2 heterocycles. The molecular formula is C19H32N6O7. The molecule has 0 saturated carbocycles. The van der Waals surface area contributed by atoms with Gasteiger partial charge in [-0.25, -0.2) is 9.89 Å². The largest absolute Gasteiger partial charge is 0.360 e. The van der Waals surface area contributed by atoms with Crippen LogP contribution in [0, 0.1) is 23.2 Å². The van der Waals surface area contributed by atoms with Crippen molar-refractivity contribution in [1.82, 2.24) is 14.7 Å². The normalized spacial score (nSPS) is 32.3. The van der Waals surface area contributed by atoms with Gasteiger partial charge in [-0.3, -0.25) is 14.7 Å². The molecule has 1 saturated heterocycles. The Kier molecular flexibility index (Phi) is 7.32. The number of amides is 1. The number of carbonyl (C=O) groups excluding carboxylic acids is 1. The molecule has 1 amide bonds. The van der Waals surface area contributed by atoms with Crippen molar-refractivity contribution in [3.05, 3.63) is 0 Å². The first-order chi connectivity index (χ1) is 14.7. The molecule has 6 N–H and O–H groups in total. The number of amidine groups is 1. The summed E-state index contributed by atoms with van der Waals surface area (Å²) in [5.74, 6) is -12.8. The number of hydrogen-bond donors (Lipinski definition) is 6. The molecule has 2 aliphatic heterocycles. The summed E-state index contributed by atoms with van der Waals surface area (Å²) in [4.78, 5) is 23.8. The summed E-state index contributed by atoms with van der Waals surface area (Å²) in [5.41, 5.74) is 0. The van der Waals surface area contributed by atoms with Gasteiger partial charge in [-0.15, -0.1) is 0 Å². The predicted molar refractivity (Wildman–Crippen MR) is 111 cm³/mol. The first kappa shape index (κ1) is 26.1. The smallest absolute Gasteiger partial charge is 0.310 e. The molecule has 180 valence electrons. The van der Waals surface area contributed by atoms with E-state index in [4.69, 9.17) is 5.26 Å². The predicted octanol–water partition coefficient (Wildman–Crippen LogP) is -2.62. The Hall–Kier alpha value is -2.18. The lowest BCUT2D eigenvalue weighted by Crippen LogP contribution is -2.84. The molecule has 0 aromatic heterocycles. The zero-order chi connectivity index (χ0) is 24.6. The summed E-state index contributed by atoms with van der Waals surface area (Å²) in [6.45, 7) is 7.50. The Bertz CT molecular complexity index is 821. The third-order valence-electron chi connectivity index (χ3n) is 6.29. The second-order valence-electron chi connectivity index (χ2n) is 8.37. The minimum atomic E-state index is -3.78. The van der Waals surface area contributed by atoms with E-state index in [1.807, 2.05) is 20.8 Å². The molecule has 0 aromatic rings. The highest BCUT2D eigenvalue weighted by Gasteiger charge is 2.72. The van der Waals surface area contributed by atoms with Crippen LogP contribution in [0.2, 0.25) is 0 Å². The lowest BCUT2D eigenvalue weighted by atomic mass is 9.80. The van der Waals surface area contributed by atoms with E-state index >= 15 is 0 Å². The van der Waals surface area contributed by atoms with Crippen molar-refractivity contribution in [2.24, 2.45) is 21.8 Å². The van der Waals surface area contributed by atoms with Gasteiger partial charge in [0.15, 0.2) is 0 Å². The molecule has 0 aromatic carbocycles. The molecule has 32 heavy (non-hydrogen) atoms. The van der Waals surface area contributed by atoms with Crippen LogP contribution in [0.5, 0.6) is 0 Å². The third-order valence-corrected chi connectivity index (χ3v) is 6.29. The third kappa shape index (κ3) is 4.11. The van der Waals surface area contributed by atoms with E-state index in [1.54, 1.807) is 4.90 Å². The standard InChI is InChI=1S/C19H32N6O7/c1-6-21-16-11(2)13(4)24(9-22-16)10-23(5)15-12(3)17(27,28)19(31,32)25(18(15,29)30)14(26)7-8-20/h9,11-13,15,27-32H,6-7,10H2,1-5H3. The maximum Gasteiger partial charge on any atom is 0.310 e. The molecular weight excluding hydrogens is 424 g/mol. The van der Waals surface area contributed by atoms with Gasteiger partial charge in [-0.2, -0.15) is 5.26 Å². The molecule has 0 spiro atoms. The SMILES string of the molecule is CCN=C1N=CN(CN(C)C2C(C)C(O)(O)C(O)(O)N(C(=O)CC#N)C2(O)O)C(C)C1C. The highest BCUT2D eigenvalue weighted by atomic mass is 16.6. The molecule has 4 unspecified atom stereocenters. The van der Waals surface area contributed by atoms with Crippen LogP contribution >= 0.6 is 0 Å².